The summed E-state index contributed by atoms with van der Waals surface area (Å²) in [6, 6.07) is 6.96. The quantitative estimate of drug-likeness (QED) is 0.789. The Balaban J connectivity index is 0.00000225. The Kier molecular flexibility index (Phi) is 7.24. The number of likely N-dealkylation sites (tertiary alicyclic amines) is 1. The van der Waals surface area contributed by atoms with E-state index < -0.39 is 0 Å². The van der Waals surface area contributed by atoms with Crippen molar-refractivity contribution in [1.82, 2.24) is 15.1 Å². The first-order valence-electron chi connectivity index (χ1n) is 10.2. The van der Waals surface area contributed by atoms with Gasteiger partial charge in [-0.2, -0.15) is 0 Å². The number of nitrogens with one attached hydrogen (secondary N) is 1. The van der Waals surface area contributed by atoms with Gasteiger partial charge in [-0.25, -0.2) is 0 Å². The maximum Gasteiger partial charge on any atom is 0.254 e. The predicted octanol–water partition coefficient (Wildman–Crippen LogP) is 3.36. The van der Waals surface area contributed by atoms with Crippen LogP contribution in [0.25, 0.3) is 0 Å². The second-order valence-electron chi connectivity index (χ2n) is 8.01. The molecule has 0 radical (unpaired) electrons. The largest absolute Gasteiger partial charge is 0.340 e. The Morgan fingerprint density at radius 2 is 1.89 bits per heavy atom. The van der Waals surface area contributed by atoms with Gasteiger partial charge in [0.2, 0.25) is 5.91 Å². The van der Waals surface area contributed by atoms with E-state index in [2.05, 4.69) is 5.32 Å². The van der Waals surface area contributed by atoms with Crippen LogP contribution in [0.2, 0.25) is 5.02 Å². The van der Waals surface area contributed by atoms with Crippen molar-refractivity contribution in [3.63, 3.8) is 0 Å². The van der Waals surface area contributed by atoms with Crippen molar-refractivity contribution in [1.29, 1.82) is 0 Å². The first kappa shape index (κ1) is 21.4. The summed E-state index contributed by atoms with van der Waals surface area (Å²) in [6.45, 7) is 3.28. The van der Waals surface area contributed by atoms with Crippen molar-refractivity contribution in [2.24, 2.45) is 5.92 Å². The Bertz CT molecular complexity index is 707. The molecule has 2 saturated heterocycles. The molecule has 7 heteroatoms. The molecule has 0 aromatic heterocycles. The highest BCUT2D eigenvalue weighted by atomic mass is 35.5. The summed E-state index contributed by atoms with van der Waals surface area (Å²) in [7, 11) is 0. The average Bonchev–Trinajstić information content (AvgIpc) is 2.86. The lowest BCUT2D eigenvalue weighted by Gasteiger charge is -2.35. The monoisotopic (exact) mass is 425 g/mol. The third kappa shape index (κ3) is 4.32. The maximum atomic E-state index is 13.4. The van der Waals surface area contributed by atoms with E-state index in [1.165, 1.54) is 6.42 Å². The number of carbonyl (C=O) groups is 2. The lowest BCUT2D eigenvalue weighted by molar-refractivity contribution is -0.135. The van der Waals surface area contributed by atoms with Gasteiger partial charge in [-0.3, -0.25) is 9.59 Å². The van der Waals surface area contributed by atoms with E-state index in [1.54, 1.807) is 18.2 Å². The van der Waals surface area contributed by atoms with Crippen molar-refractivity contribution in [2.45, 2.75) is 50.6 Å². The van der Waals surface area contributed by atoms with Crippen LogP contribution in [0.15, 0.2) is 24.3 Å². The molecular weight excluding hydrogens is 397 g/mol. The zero-order valence-electron chi connectivity index (χ0n) is 16.1. The Morgan fingerprint density at radius 3 is 2.71 bits per heavy atom. The smallest absolute Gasteiger partial charge is 0.254 e. The fourth-order valence-electron chi connectivity index (χ4n) is 5.02. The lowest BCUT2D eigenvalue weighted by atomic mass is 9.84. The van der Waals surface area contributed by atoms with Crippen LogP contribution in [0.4, 0.5) is 0 Å². The SMILES string of the molecule is Cl.O=C(C1CC2CCCCC2N1C(=O)c1cccc(Cl)c1)N1CCCNCC1. The molecule has 2 aliphatic heterocycles. The molecule has 1 aromatic carbocycles. The molecule has 154 valence electrons. The van der Waals surface area contributed by atoms with Gasteiger partial charge in [0, 0.05) is 36.3 Å². The van der Waals surface area contributed by atoms with Crippen molar-refractivity contribution >= 4 is 35.8 Å². The second-order valence-corrected chi connectivity index (χ2v) is 8.45. The number of carbonyl (C=O) groups excluding carboxylic acids is 2. The number of benzene rings is 1. The Morgan fingerprint density at radius 1 is 1.07 bits per heavy atom. The summed E-state index contributed by atoms with van der Waals surface area (Å²) in [5, 5.41) is 3.91. The number of nitrogens with zero attached hydrogens (tertiary/aromatic N) is 2. The van der Waals surface area contributed by atoms with Crippen LogP contribution in [0.5, 0.6) is 0 Å². The highest BCUT2D eigenvalue weighted by Gasteiger charge is 2.48. The molecule has 1 aliphatic carbocycles. The molecule has 1 aromatic rings. The number of hydrogen-bond acceptors (Lipinski definition) is 3. The third-order valence-corrected chi connectivity index (χ3v) is 6.57. The molecule has 2 heterocycles. The maximum absolute atomic E-state index is 13.4. The van der Waals surface area contributed by atoms with Gasteiger partial charge in [0.05, 0.1) is 0 Å². The van der Waals surface area contributed by atoms with Crippen LogP contribution >= 0.6 is 24.0 Å². The minimum absolute atomic E-state index is 0. The molecule has 28 heavy (non-hydrogen) atoms. The van der Waals surface area contributed by atoms with Crippen molar-refractivity contribution in [2.75, 3.05) is 26.2 Å². The summed E-state index contributed by atoms with van der Waals surface area (Å²) in [6.07, 6.45) is 6.23. The molecule has 4 rings (SSSR count). The van der Waals surface area contributed by atoms with E-state index >= 15 is 0 Å². The Labute approximate surface area is 178 Å². The van der Waals surface area contributed by atoms with Gasteiger partial charge in [0.25, 0.3) is 5.91 Å². The molecule has 3 unspecified atom stereocenters. The molecular formula is C21H29Cl2N3O2. The van der Waals surface area contributed by atoms with Gasteiger partial charge in [-0.15, -0.1) is 12.4 Å². The zero-order valence-corrected chi connectivity index (χ0v) is 17.7. The predicted molar refractivity (Wildman–Crippen MR) is 113 cm³/mol. The summed E-state index contributed by atoms with van der Waals surface area (Å²) >= 11 is 6.12. The number of hydrogen-bond donors (Lipinski definition) is 1. The van der Waals surface area contributed by atoms with Gasteiger partial charge in [-0.05, 0) is 56.3 Å². The normalized spacial score (nSPS) is 27.5. The zero-order chi connectivity index (χ0) is 18.8. The molecule has 3 fully saturated rings. The molecule has 5 nitrogen and oxygen atoms in total. The highest BCUT2D eigenvalue weighted by molar-refractivity contribution is 6.31. The van der Waals surface area contributed by atoms with Gasteiger partial charge in [-0.1, -0.05) is 30.5 Å². The molecule has 2 amide bonds. The molecule has 0 bridgehead atoms. The standard InChI is InChI=1S/C21H28ClN3O2.ClH/c22-17-7-3-6-16(13-17)20(26)25-18-8-2-1-5-15(18)14-19(25)21(27)24-11-4-9-23-10-12-24;/h3,6-7,13,15,18-19,23H,1-2,4-5,8-12,14H2;1H. The van der Waals surface area contributed by atoms with Crippen LogP contribution in [0.3, 0.4) is 0 Å². The topological polar surface area (TPSA) is 52.7 Å². The van der Waals surface area contributed by atoms with E-state index in [1.807, 2.05) is 15.9 Å². The van der Waals surface area contributed by atoms with E-state index in [0.717, 1.165) is 58.3 Å². The molecule has 3 atom stereocenters. The van der Waals surface area contributed by atoms with Crippen molar-refractivity contribution in [3.05, 3.63) is 34.9 Å². The number of amides is 2. The number of halogens is 2. The van der Waals surface area contributed by atoms with Crippen LogP contribution in [-0.4, -0.2) is 59.9 Å². The first-order chi connectivity index (χ1) is 13.1. The number of fused-ring (bicyclic) bond motifs is 1. The van der Waals surface area contributed by atoms with E-state index in [4.69, 9.17) is 11.6 Å². The summed E-state index contributed by atoms with van der Waals surface area (Å²) in [4.78, 5) is 30.7. The van der Waals surface area contributed by atoms with E-state index in [9.17, 15) is 9.59 Å². The summed E-state index contributed by atoms with van der Waals surface area (Å²) < 4.78 is 0. The fraction of sp³-hybridized carbons (Fsp3) is 0.619. The molecule has 1 saturated carbocycles. The summed E-state index contributed by atoms with van der Waals surface area (Å²) in [5.41, 5.74) is 0.587. The van der Waals surface area contributed by atoms with Crippen molar-refractivity contribution in [3.8, 4) is 0 Å². The first-order valence-corrected chi connectivity index (χ1v) is 10.6. The lowest BCUT2D eigenvalue weighted by Crippen LogP contribution is -2.51. The van der Waals surface area contributed by atoms with Gasteiger partial charge in [0.15, 0.2) is 0 Å². The van der Waals surface area contributed by atoms with Crippen LogP contribution in [-0.2, 0) is 4.79 Å². The average molecular weight is 426 g/mol. The number of rotatable bonds is 2. The summed E-state index contributed by atoms with van der Waals surface area (Å²) in [5.74, 6) is 0.530. The Hall–Kier alpha value is -1.30. The minimum Gasteiger partial charge on any atom is -0.340 e. The third-order valence-electron chi connectivity index (χ3n) is 6.33. The fourth-order valence-corrected chi connectivity index (χ4v) is 5.21. The molecule has 1 N–H and O–H groups in total. The van der Waals surface area contributed by atoms with Crippen LogP contribution in [0, 0.1) is 5.92 Å². The van der Waals surface area contributed by atoms with Crippen molar-refractivity contribution < 1.29 is 9.59 Å². The molecule has 0 spiro atoms. The van der Waals surface area contributed by atoms with Crippen LogP contribution < -0.4 is 5.32 Å². The van der Waals surface area contributed by atoms with Gasteiger partial charge < -0.3 is 15.1 Å². The van der Waals surface area contributed by atoms with Crippen LogP contribution in [0.1, 0.15) is 48.9 Å². The molecule has 3 aliphatic rings. The second kappa shape index (κ2) is 9.47. The van der Waals surface area contributed by atoms with Gasteiger partial charge >= 0.3 is 0 Å². The minimum atomic E-state index is -0.331. The van der Waals surface area contributed by atoms with Gasteiger partial charge in [0.1, 0.15) is 6.04 Å². The van der Waals surface area contributed by atoms with E-state index in [-0.39, 0.29) is 36.3 Å². The van der Waals surface area contributed by atoms with E-state index in [0.29, 0.717) is 16.5 Å². The highest BCUT2D eigenvalue weighted by Crippen LogP contribution is 2.41.